The minimum absolute atomic E-state index is 0.0629. The Morgan fingerprint density at radius 3 is 2.50 bits per heavy atom. The molecule has 0 aliphatic rings. The van der Waals surface area contributed by atoms with E-state index in [2.05, 4.69) is 4.74 Å². The maximum absolute atomic E-state index is 13.1. The van der Waals surface area contributed by atoms with Gasteiger partial charge in [0.05, 0.1) is 24.5 Å². The van der Waals surface area contributed by atoms with Gasteiger partial charge in [0.1, 0.15) is 11.6 Å². The molecule has 0 bridgehead atoms. The van der Waals surface area contributed by atoms with Crippen molar-refractivity contribution in [3.63, 3.8) is 0 Å². The van der Waals surface area contributed by atoms with E-state index in [-0.39, 0.29) is 18.1 Å². The Morgan fingerprint density at radius 1 is 1.23 bits per heavy atom. The fourth-order valence-electron chi connectivity index (χ4n) is 1.76. The summed E-state index contributed by atoms with van der Waals surface area (Å²) in [7, 11) is 1.30. The molecule has 2 rings (SSSR count). The molecule has 0 radical (unpaired) electrons. The smallest absolute Gasteiger partial charge is 0.314 e. The van der Waals surface area contributed by atoms with Crippen molar-refractivity contribution in [1.82, 2.24) is 0 Å². The SMILES string of the molecule is COC(=O)Cc1ccc(Oc2ccc(F)cc2[N+](=O)[O-])cc1. The molecule has 0 spiro atoms. The summed E-state index contributed by atoms with van der Waals surface area (Å²) in [6.45, 7) is 0. The lowest BCUT2D eigenvalue weighted by Crippen LogP contribution is -2.04. The fraction of sp³-hybridized carbons (Fsp3) is 0.133. The van der Waals surface area contributed by atoms with Crippen molar-refractivity contribution >= 4 is 11.7 Å². The van der Waals surface area contributed by atoms with E-state index >= 15 is 0 Å². The molecular formula is C15H12FNO5. The lowest BCUT2D eigenvalue weighted by Gasteiger charge is -2.07. The summed E-state index contributed by atoms with van der Waals surface area (Å²) < 4.78 is 23.0. The molecule has 2 aromatic carbocycles. The summed E-state index contributed by atoms with van der Waals surface area (Å²) >= 11 is 0. The third kappa shape index (κ3) is 3.78. The first-order valence-corrected chi connectivity index (χ1v) is 6.27. The Kier molecular flexibility index (Phi) is 4.67. The summed E-state index contributed by atoms with van der Waals surface area (Å²) in [5.74, 6) is -0.814. The number of hydrogen-bond acceptors (Lipinski definition) is 5. The molecule has 0 amide bonds. The number of halogens is 1. The Bertz CT molecular complexity index is 700. The molecule has 0 heterocycles. The van der Waals surface area contributed by atoms with Crippen LogP contribution in [0.4, 0.5) is 10.1 Å². The minimum atomic E-state index is -0.718. The van der Waals surface area contributed by atoms with Crippen LogP contribution in [0.2, 0.25) is 0 Å². The summed E-state index contributed by atoms with van der Waals surface area (Å²) in [5, 5.41) is 10.9. The summed E-state index contributed by atoms with van der Waals surface area (Å²) in [4.78, 5) is 21.3. The molecule has 0 N–H and O–H groups in total. The van der Waals surface area contributed by atoms with E-state index < -0.39 is 16.4 Å². The molecule has 0 saturated carbocycles. The highest BCUT2D eigenvalue weighted by Gasteiger charge is 2.17. The molecule has 6 nitrogen and oxygen atoms in total. The molecule has 2 aromatic rings. The van der Waals surface area contributed by atoms with E-state index in [1.165, 1.54) is 13.2 Å². The first-order chi connectivity index (χ1) is 10.5. The van der Waals surface area contributed by atoms with E-state index in [0.29, 0.717) is 11.3 Å². The number of nitro benzene ring substituents is 1. The number of esters is 1. The van der Waals surface area contributed by atoms with Crippen molar-refractivity contribution in [1.29, 1.82) is 0 Å². The van der Waals surface area contributed by atoms with Gasteiger partial charge in [0, 0.05) is 0 Å². The van der Waals surface area contributed by atoms with Gasteiger partial charge in [-0.05, 0) is 29.8 Å². The molecule has 7 heteroatoms. The summed E-state index contributed by atoms with van der Waals surface area (Å²) in [6, 6.07) is 9.46. The van der Waals surface area contributed by atoms with Crippen LogP contribution >= 0.6 is 0 Å². The second kappa shape index (κ2) is 6.66. The average Bonchev–Trinajstić information content (AvgIpc) is 2.50. The first kappa shape index (κ1) is 15.4. The quantitative estimate of drug-likeness (QED) is 0.481. The van der Waals surface area contributed by atoms with Gasteiger partial charge in [-0.15, -0.1) is 0 Å². The van der Waals surface area contributed by atoms with Gasteiger partial charge in [0.15, 0.2) is 0 Å². The van der Waals surface area contributed by atoms with Crippen LogP contribution in [0, 0.1) is 15.9 Å². The average molecular weight is 305 g/mol. The molecule has 0 saturated heterocycles. The number of carbonyl (C=O) groups is 1. The van der Waals surface area contributed by atoms with E-state index in [0.717, 1.165) is 12.1 Å². The van der Waals surface area contributed by atoms with Crippen molar-refractivity contribution in [3.8, 4) is 11.5 Å². The van der Waals surface area contributed by atoms with Crippen molar-refractivity contribution in [2.45, 2.75) is 6.42 Å². The van der Waals surface area contributed by atoms with Gasteiger partial charge >= 0.3 is 11.7 Å². The first-order valence-electron chi connectivity index (χ1n) is 6.27. The van der Waals surface area contributed by atoms with Crippen molar-refractivity contribution < 1.29 is 23.6 Å². The van der Waals surface area contributed by atoms with E-state index in [1.54, 1.807) is 24.3 Å². The van der Waals surface area contributed by atoms with Gasteiger partial charge in [-0.3, -0.25) is 14.9 Å². The number of benzene rings is 2. The number of carbonyl (C=O) groups excluding carboxylic acids is 1. The van der Waals surface area contributed by atoms with Gasteiger partial charge in [0.2, 0.25) is 5.75 Å². The number of methoxy groups -OCH3 is 1. The number of nitrogens with zero attached hydrogens (tertiary/aromatic N) is 1. The molecule has 0 unspecified atom stereocenters. The highest BCUT2D eigenvalue weighted by atomic mass is 19.1. The monoisotopic (exact) mass is 305 g/mol. The number of ether oxygens (including phenoxy) is 2. The molecule has 0 fully saturated rings. The van der Waals surface area contributed by atoms with Crippen LogP contribution in [0.15, 0.2) is 42.5 Å². The zero-order chi connectivity index (χ0) is 16.1. The maximum atomic E-state index is 13.1. The van der Waals surface area contributed by atoms with Gasteiger partial charge in [-0.1, -0.05) is 12.1 Å². The molecule has 0 atom stereocenters. The molecule has 22 heavy (non-hydrogen) atoms. The second-order valence-electron chi connectivity index (χ2n) is 4.37. The molecule has 0 aliphatic heterocycles. The Hall–Kier alpha value is -2.96. The molecular weight excluding hydrogens is 293 g/mol. The van der Waals surface area contributed by atoms with Gasteiger partial charge in [-0.25, -0.2) is 4.39 Å². The number of rotatable bonds is 5. The van der Waals surface area contributed by atoms with E-state index in [9.17, 15) is 19.3 Å². The van der Waals surface area contributed by atoms with Crippen molar-refractivity contribution in [3.05, 3.63) is 64.0 Å². The van der Waals surface area contributed by atoms with Crippen LogP contribution in [-0.4, -0.2) is 18.0 Å². The Balaban J connectivity index is 2.18. The van der Waals surface area contributed by atoms with Crippen molar-refractivity contribution in [2.75, 3.05) is 7.11 Å². The van der Waals surface area contributed by atoms with Crippen LogP contribution in [0.5, 0.6) is 11.5 Å². The summed E-state index contributed by atoms with van der Waals surface area (Å²) in [6.07, 6.45) is 0.119. The van der Waals surface area contributed by atoms with Gasteiger partial charge in [-0.2, -0.15) is 0 Å². The van der Waals surface area contributed by atoms with Crippen LogP contribution in [0.25, 0.3) is 0 Å². The third-order valence-electron chi connectivity index (χ3n) is 2.84. The Morgan fingerprint density at radius 2 is 1.91 bits per heavy atom. The lowest BCUT2D eigenvalue weighted by atomic mass is 10.1. The third-order valence-corrected chi connectivity index (χ3v) is 2.84. The zero-order valence-corrected chi connectivity index (χ0v) is 11.6. The van der Waals surface area contributed by atoms with E-state index in [1.807, 2.05) is 0 Å². The van der Waals surface area contributed by atoms with Crippen LogP contribution < -0.4 is 4.74 Å². The van der Waals surface area contributed by atoms with Gasteiger partial charge < -0.3 is 9.47 Å². The van der Waals surface area contributed by atoms with Crippen LogP contribution in [0.3, 0.4) is 0 Å². The summed E-state index contributed by atoms with van der Waals surface area (Å²) in [5.41, 5.74) is 0.256. The molecule has 114 valence electrons. The highest BCUT2D eigenvalue weighted by Crippen LogP contribution is 2.31. The highest BCUT2D eigenvalue weighted by molar-refractivity contribution is 5.72. The maximum Gasteiger partial charge on any atom is 0.314 e. The van der Waals surface area contributed by atoms with Gasteiger partial charge in [0.25, 0.3) is 0 Å². The lowest BCUT2D eigenvalue weighted by molar-refractivity contribution is -0.385. The predicted molar refractivity (Wildman–Crippen MR) is 75.3 cm³/mol. The standard InChI is InChI=1S/C15H12FNO5/c1-21-15(18)8-10-2-5-12(6-3-10)22-14-7-4-11(16)9-13(14)17(19)20/h2-7,9H,8H2,1H3. The van der Waals surface area contributed by atoms with Crippen LogP contribution in [-0.2, 0) is 16.0 Å². The van der Waals surface area contributed by atoms with E-state index in [4.69, 9.17) is 4.74 Å². The predicted octanol–water partition coefficient (Wildman–Crippen LogP) is 3.24. The second-order valence-corrected chi connectivity index (χ2v) is 4.37. The fourth-order valence-corrected chi connectivity index (χ4v) is 1.76. The minimum Gasteiger partial charge on any atom is -0.469 e. The number of hydrogen-bond donors (Lipinski definition) is 0. The van der Waals surface area contributed by atoms with Crippen molar-refractivity contribution in [2.24, 2.45) is 0 Å². The normalized spacial score (nSPS) is 10.1. The molecule has 0 aromatic heterocycles. The molecule has 0 aliphatic carbocycles. The largest absolute Gasteiger partial charge is 0.469 e. The van der Waals surface area contributed by atoms with Crippen LogP contribution in [0.1, 0.15) is 5.56 Å². The number of nitro groups is 1. The zero-order valence-electron chi connectivity index (χ0n) is 11.6. The Labute approximate surface area is 125 Å². The topological polar surface area (TPSA) is 78.7 Å².